The van der Waals surface area contributed by atoms with E-state index in [1.54, 1.807) is 29.8 Å². The summed E-state index contributed by atoms with van der Waals surface area (Å²) in [5.74, 6) is 0.740. The highest BCUT2D eigenvalue weighted by atomic mass is 35.5. The Morgan fingerprint density at radius 2 is 1.58 bits per heavy atom. The van der Waals surface area contributed by atoms with Gasteiger partial charge in [0.15, 0.2) is 0 Å². The lowest BCUT2D eigenvalue weighted by Crippen LogP contribution is -2.50. The van der Waals surface area contributed by atoms with Crippen molar-refractivity contribution >= 4 is 35.2 Å². The van der Waals surface area contributed by atoms with Crippen molar-refractivity contribution in [1.82, 2.24) is 10.2 Å². The number of nitrogens with one attached hydrogen (secondary N) is 1. The van der Waals surface area contributed by atoms with E-state index < -0.39 is 6.04 Å². The molecule has 1 N–H and O–H groups in total. The molecule has 0 saturated heterocycles. The van der Waals surface area contributed by atoms with Crippen molar-refractivity contribution in [3.8, 4) is 0 Å². The molecule has 0 aliphatic rings. The molecule has 3 rings (SSSR count). The standard InChI is InChI=1S/C27H29ClN2O2S/c1-20-10-6-7-14-23(20)18-33-19-26(31)30(17-22-13-8-9-15-24(22)28)25(27(32)29-2)16-21-11-4-3-5-12-21/h3-15,25H,16-19H2,1-2H3,(H,29,32). The highest BCUT2D eigenvalue weighted by Crippen LogP contribution is 2.22. The van der Waals surface area contributed by atoms with Gasteiger partial charge in [0.2, 0.25) is 11.8 Å². The first kappa shape index (κ1) is 24.9. The summed E-state index contributed by atoms with van der Waals surface area (Å²) in [5.41, 5.74) is 4.23. The molecule has 1 atom stereocenters. The van der Waals surface area contributed by atoms with Crippen molar-refractivity contribution < 1.29 is 9.59 Å². The first-order valence-electron chi connectivity index (χ1n) is 10.9. The number of hydrogen-bond acceptors (Lipinski definition) is 3. The van der Waals surface area contributed by atoms with Gasteiger partial charge in [0.1, 0.15) is 6.04 Å². The maximum atomic E-state index is 13.5. The Kier molecular flexibility index (Phi) is 9.40. The molecule has 33 heavy (non-hydrogen) atoms. The molecular formula is C27H29ClN2O2S. The van der Waals surface area contributed by atoms with Crippen molar-refractivity contribution in [1.29, 1.82) is 0 Å². The molecule has 4 nitrogen and oxygen atoms in total. The van der Waals surface area contributed by atoms with E-state index in [1.807, 2.05) is 60.7 Å². The number of likely N-dealkylation sites (N-methyl/N-ethyl adjacent to an activating group) is 1. The average Bonchev–Trinajstić information content (AvgIpc) is 2.83. The summed E-state index contributed by atoms with van der Waals surface area (Å²) in [7, 11) is 1.60. The lowest BCUT2D eigenvalue weighted by molar-refractivity contribution is -0.139. The molecule has 0 fully saturated rings. The van der Waals surface area contributed by atoms with E-state index in [9.17, 15) is 9.59 Å². The van der Waals surface area contributed by atoms with Crippen molar-refractivity contribution in [3.05, 3.63) is 106 Å². The minimum Gasteiger partial charge on any atom is -0.357 e. The Bertz CT molecular complexity index is 1070. The fourth-order valence-corrected chi connectivity index (χ4v) is 4.82. The minimum absolute atomic E-state index is 0.0852. The zero-order valence-electron chi connectivity index (χ0n) is 19.0. The monoisotopic (exact) mass is 480 g/mol. The molecule has 0 spiro atoms. The molecule has 172 valence electrons. The summed E-state index contributed by atoms with van der Waals surface area (Å²) in [6.07, 6.45) is 0.430. The van der Waals surface area contributed by atoms with E-state index >= 15 is 0 Å². The number of nitrogens with zero attached hydrogens (tertiary/aromatic N) is 1. The van der Waals surface area contributed by atoms with E-state index in [0.717, 1.165) is 16.9 Å². The summed E-state index contributed by atoms with van der Waals surface area (Å²) in [6, 6.07) is 24.7. The lowest BCUT2D eigenvalue weighted by atomic mass is 10.0. The Balaban J connectivity index is 1.83. The molecule has 0 aliphatic carbocycles. The highest BCUT2D eigenvalue weighted by molar-refractivity contribution is 7.99. The number of amides is 2. The number of aryl methyl sites for hydroxylation is 1. The van der Waals surface area contributed by atoms with Gasteiger partial charge in [-0.3, -0.25) is 9.59 Å². The number of benzene rings is 3. The van der Waals surface area contributed by atoms with Crippen molar-refractivity contribution in [2.45, 2.75) is 31.7 Å². The summed E-state index contributed by atoms with van der Waals surface area (Å²) >= 11 is 7.97. The molecule has 1 unspecified atom stereocenters. The lowest BCUT2D eigenvalue weighted by Gasteiger charge is -2.31. The van der Waals surface area contributed by atoms with Crippen LogP contribution in [0.3, 0.4) is 0 Å². The van der Waals surface area contributed by atoms with E-state index in [2.05, 4.69) is 24.4 Å². The Morgan fingerprint density at radius 1 is 0.939 bits per heavy atom. The van der Waals surface area contributed by atoms with Gasteiger partial charge < -0.3 is 10.2 Å². The predicted octanol–water partition coefficient (Wildman–Crippen LogP) is 5.27. The summed E-state index contributed by atoms with van der Waals surface area (Å²) in [4.78, 5) is 28.1. The van der Waals surface area contributed by atoms with E-state index in [1.165, 1.54) is 11.1 Å². The fraction of sp³-hybridized carbons (Fsp3) is 0.259. The Hall–Kier alpha value is -2.76. The second-order valence-corrected chi connectivity index (χ2v) is 9.24. The fourth-order valence-electron chi connectivity index (χ4n) is 3.63. The Labute approximate surface area is 205 Å². The molecule has 0 aromatic heterocycles. The molecule has 3 aromatic rings. The van der Waals surface area contributed by atoms with Crippen LogP contribution in [0.5, 0.6) is 0 Å². The van der Waals surface area contributed by atoms with Gasteiger partial charge in [-0.05, 0) is 35.2 Å². The highest BCUT2D eigenvalue weighted by Gasteiger charge is 2.30. The number of carbonyl (C=O) groups is 2. The van der Waals surface area contributed by atoms with Crippen LogP contribution in [0, 0.1) is 6.92 Å². The van der Waals surface area contributed by atoms with Crippen LogP contribution in [-0.2, 0) is 28.3 Å². The molecule has 6 heteroatoms. The SMILES string of the molecule is CNC(=O)C(Cc1ccccc1)N(Cc1ccccc1Cl)C(=O)CSCc1ccccc1C. The number of hydrogen-bond donors (Lipinski definition) is 1. The summed E-state index contributed by atoms with van der Waals surface area (Å²) in [5, 5.41) is 3.32. The second kappa shape index (κ2) is 12.5. The third-order valence-corrected chi connectivity index (χ3v) is 6.90. The Morgan fingerprint density at radius 3 is 2.24 bits per heavy atom. The molecule has 2 amide bonds. The molecule has 3 aromatic carbocycles. The van der Waals surface area contributed by atoms with Crippen LogP contribution in [0.4, 0.5) is 0 Å². The summed E-state index contributed by atoms with van der Waals surface area (Å²) < 4.78 is 0. The molecular weight excluding hydrogens is 452 g/mol. The van der Waals surface area contributed by atoms with Crippen LogP contribution in [-0.4, -0.2) is 35.6 Å². The van der Waals surface area contributed by atoms with Gasteiger partial charge in [0, 0.05) is 30.8 Å². The van der Waals surface area contributed by atoms with Crippen molar-refractivity contribution in [3.63, 3.8) is 0 Å². The number of carbonyl (C=O) groups excluding carboxylic acids is 2. The van der Waals surface area contributed by atoms with Crippen LogP contribution in [0.25, 0.3) is 0 Å². The van der Waals surface area contributed by atoms with Crippen LogP contribution in [0.2, 0.25) is 5.02 Å². The second-order valence-electron chi connectivity index (χ2n) is 7.85. The van der Waals surface area contributed by atoms with Crippen LogP contribution in [0.1, 0.15) is 22.3 Å². The number of rotatable bonds is 10. The maximum absolute atomic E-state index is 13.5. The average molecular weight is 481 g/mol. The normalized spacial score (nSPS) is 11.6. The predicted molar refractivity (Wildman–Crippen MR) is 137 cm³/mol. The van der Waals surface area contributed by atoms with Gasteiger partial charge in [-0.1, -0.05) is 84.4 Å². The van der Waals surface area contributed by atoms with Crippen molar-refractivity contribution in [2.24, 2.45) is 0 Å². The smallest absolute Gasteiger partial charge is 0.242 e. The van der Waals surface area contributed by atoms with Gasteiger partial charge >= 0.3 is 0 Å². The molecule has 0 radical (unpaired) electrons. The zero-order valence-corrected chi connectivity index (χ0v) is 20.5. The number of halogens is 1. The maximum Gasteiger partial charge on any atom is 0.242 e. The third-order valence-electron chi connectivity index (χ3n) is 5.56. The largest absolute Gasteiger partial charge is 0.357 e. The van der Waals surface area contributed by atoms with E-state index in [-0.39, 0.29) is 24.1 Å². The molecule has 0 heterocycles. The third kappa shape index (κ3) is 7.11. The molecule has 0 aliphatic heterocycles. The van der Waals surface area contributed by atoms with Crippen LogP contribution >= 0.6 is 23.4 Å². The topological polar surface area (TPSA) is 49.4 Å². The van der Waals surface area contributed by atoms with Gasteiger partial charge in [0.25, 0.3) is 0 Å². The number of thioether (sulfide) groups is 1. The summed E-state index contributed by atoms with van der Waals surface area (Å²) in [6.45, 7) is 2.34. The van der Waals surface area contributed by atoms with E-state index in [4.69, 9.17) is 11.6 Å². The van der Waals surface area contributed by atoms with Gasteiger partial charge in [-0.2, -0.15) is 0 Å². The van der Waals surface area contributed by atoms with Crippen LogP contribution < -0.4 is 5.32 Å². The quantitative estimate of drug-likeness (QED) is 0.430. The van der Waals surface area contributed by atoms with Gasteiger partial charge in [-0.25, -0.2) is 0 Å². The van der Waals surface area contributed by atoms with E-state index in [0.29, 0.717) is 11.4 Å². The minimum atomic E-state index is -0.639. The molecule has 0 saturated carbocycles. The molecule has 0 bridgehead atoms. The first-order valence-corrected chi connectivity index (χ1v) is 12.4. The first-order chi connectivity index (χ1) is 16.0. The zero-order chi connectivity index (χ0) is 23.6. The van der Waals surface area contributed by atoms with Gasteiger partial charge in [-0.15, -0.1) is 11.8 Å². The van der Waals surface area contributed by atoms with Crippen LogP contribution in [0.15, 0.2) is 78.9 Å². The van der Waals surface area contributed by atoms with Crippen molar-refractivity contribution in [2.75, 3.05) is 12.8 Å². The van der Waals surface area contributed by atoms with Gasteiger partial charge in [0.05, 0.1) is 5.75 Å².